The van der Waals surface area contributed by atoms with Crippen molar-refractivity contribution in [3.63, 3.8) is 0 Å². The summed E-state index contributed by atoms with van der Waals surface area (Å²) in [7, 11) is 0. The van der Waals surface area contributed by atoms with Crippen LogP contribution in [0.25, 0.3) is 10.9 Å². The fourth-order valence-corrected chi connectivity index (χ4v) is 1.46. The first-order valence-corrected chi connectivity index (χ1v) is 5.56. The van der Waals surface area contributed by atoms with Crippen molar-refractivity contribution < 1.29 is 4.79 Å². The van der Waals surface area contributed by atoms with E-state index in [-0.39, 0.29) is 0 Å². The zero-order valence-electron chi connectivity index (χ0n) is 9.73. The maximum Gasteiger partial charge on any atom is 0.168 e. The standard InChI is InChI=1S/C10H7NO.C5H5N/c12-7-9-6-5-8-3-1-2-4-10(8)11-9;1-2-4-6-5-3-1/h1-7H;1-5H. The van der Waals surface area contributed by atoms with Gasteiger partial charge in [-0.05, 0) is 24.3 Å². The van der Waals surface area contributed by atoms with Gasteiger partial charge in [-0.15, -0.1) is 0 Å². The number of para-hydroxylation sites is 1. The second-order valence-electron chi connectivity index (χ2n) is 3.57. The van der Waals surface area contributed by atoms with Crippen molar-refractivity contribution in [2.24, 2.45) is 0 Å². The molecule has 3 aromatic rings. The highest BCUT2D eigenvalue weighted by atomic mass is 16.1. The highest BCUT2D eigenvalue weighted by Crippen LogP contribution is 2.10. The van der Waals surface area contributed by atoms with Crippen molar-refractivity contribution in [3.8, 4) is 0 Å². The molecule has 0 aliphatic rings. The molecule has 2 aromatic heterocycles. The maximum absolute atomic E-state index is 10.4. The number of rotatable bonds is 1. The topological polar surface area (TPSA) is 42.9 Å². The van der Waals surface area contributed by atoms with E-state index in [1.165, 1.54) is 0 Å². The number of fused-ring (bicyclic) bond motifs is 1. The quantitative estimate of drug-likeness (QED) is 0.610. The van der Waals surface area contributed by atoms with Crippen molar-refractivity contribution in [3.05, 3.63) is 72.7 Å². The fraction of sp³-hybridized carbons (Fsp3) is 0. The molecule has 0 radical (unpaired) electrons. The minimum Gasteiger partial charge on any atom is -0.296 e. The molecule has 0 saturated heterocycles. The lowest BCUT2D eigenvalue weighted by atomic mass is 10.2. The monoisotopic (exact) mass is 236 g/mol. The molecule has 0 bridgehead atoms. The number of pyridine rings is 2. The summed E-state index contributed by atoms with van der Waals surface area (Å²) in [5, 5.41) is 1.06. The third-order valence-corrected chi connectivity index (χ3v) is 2.31. The van der Waals surface area contributed by atoms with E-state index in [9.17, 15) is 4.79 Å². The lowest BCUT2D eigenvalue weighted by molar-refractivity contribution is 0.111. The molecule has 0 N–H and O–H groups in total. The minimum absolute atomic E-state index is 0.480. The molecule has 3 nitrogen and oxygen atoms in total. The van der Waals surface area contributed by atoms with Crippen LogP contribution in [-0.4, -0.2) is 16.3 Å². The largest absolute Gasteiger partial charge is 0.296 e. The molecular weight excluding hydrogens is 224 g/mol. The first-order valence-electron chi connectivity index (χ1n) is 5.56. The van der Waals surface area contributed by atoms with Crippen LogP contribution in [0.15, 0.2) is 67.0 Å². The van der Waals surface area contributed by atoms with Crippen LogP contribution < -0.4 is 0 Å². The van der Waals surface area contributed by atoms with Crippen LogP contribution in [0.3, 0.4) is 0 Å². The molecule has 88 valence electrons. The number of carbonyl (C=O) groups is 1. The Morgan fingerprint density at radius 2 is 1.61 bits per heavy atom. The molecule has 3 heteroatoms. The summed E-state index contributed by atoms with van der Waals surface area (Å²) in [5.41, 5.74) is 1.34. The highest BCUT2D eigenvalue weighted by Gasteiger charge is 1.94. The molecule has 0 saturated carbocycles. The first-order chi connectivity index (χ1) is 8.90. The van der Waals surface area contributed by atoms with Gasteiger partial charge in [0.15, 0.2) is 6.29 Å². The first kappa shape index (κ1) is 11.9. The van der Waals surface area contributed by atoms with Gasteiger partial charge in [-0.3, -0.25) is 9.78 Å². The molecule has 1 aromatic carbocycles. The summed E-state index contributed by atoms with van der Waals surface area (Å²) in [6.07, 6.45) is 4.26. The zero-order chi connectivity index (χ0) is 12.6. The number of hydrogen-bond donors (Lipinski definition) is 0. The molecule has 0 amide bonds. The molecule has 0 unspecified atom stereocenters. The molecule has 3 rings (SSSR count). The van der Waals surface area contributed by atoms with Gasteiger partial charge >= 0.3 is 0 Å². The smallest absolute Gasteiger partial charge is 0.168 e. The Labute approximate surface area is 105 Å². The van der Waals surface area contributed by atoms with E-state index in [0.29, 0.717) is 5.69 Å². The predicted molar refractivity (Wildman–Crippen MR) is 71.4 cm³/mol. The van der Waals surface area contributed by atoms with E-state index in [4.69, 9.17) is 0 Å². The number of carbonyl (C=O) groups excluding carboxylic acids is 1. The van der Waals surface area contributed by atoms with E-state index in [1.54, 1.807) is 18.5 Å². The van der Waals surface area contributed by atoms with Gasteiger partial charge in [0.05, 0.1) is 5.52 Å². The van der Waals surface area contributed by atoms with Crippen LogP contribution in [0.4, 0.5) is 0 Å². The normalized spacial score (nSPS) is 9.33. The average Bonchev–Trinajstić information content (AvgIpc) is 2.49. The number of aldehydes is 1. The summed E-state index contributed by atoms with van der Waals surface area (Å²) in [6, 6.07) is 17.0. The number of aromatic nitrogens is 2. The molecule has 0 aliphatic carbocycles. The summed E-state index contributed by atoms with van der Waals surface area (Å²) in [6.45, 7) is 0. The van der Waals surface area contributed by atoms with Crippen LogP contribution in [0.1, 0.15) is 10.5 Å². The summed E-state index contributed by atoms with van der Waals surface area (Å²) in [4.78, 5) is 18.3. The molecule has 0 fully saturated rings. The summed E-state index contributed by atoms with van der Waals surface area (Å²) >= 11 is 0. The predicted octanol–water partition coefficient (Wildman–Crippen LogP) is 3.13. The Hall–Kier alpha value is -2.55. The number of nitrogens with zero attached hydrogens (tertiary/aromatic N) is 2. The Bertz CT molecular complexity index is 597. The van der Waals surface area contributed by atoms with Crippen LogP contribution in [-0.2, 0) is 0 Å². The Balaban J connectivity index is 0.000000169. The van der Waals surface area contributed by atoms with Gasteiger partial charge in [-0.25, -0.2) is 4.98 Å². The summed E-state index contributed by atoms with van der Waals surface area (Å²) < 4.78 is 0. The van der Waals surface area contributed by atoms with Crippen LogP contribution in [0.2, 0.25) is 0 Å². The van der Waals surface area contributed by atoms with Crippen LogP contribution in [0, 0.1) is 0 Å². The molecule has 0 spiro atoms. The van der Waals surface area contributed by atoms with E-state index < -0.39 is 0 Å². The van der Waals surface area contributed by atoms with Crippen LogP contribution >= 0.6 is 0 Å². The van der Waals surface area contributed by atoms with Gasteiger partial charge in [0, 0.05) is 17.8 Å². The lowest BCUT2D eigenvalue weighted by Crippen LogP contribution is -1.85. The summed E-state index contributed by atoms with van der Waals surface area (Å²) in [5.74, 6) is 0. The number of benzene rings is 1. The fourth-order valence-electron chi connectivity index (χ4n) is 1.46. The van der Waals surface area contributed by atoms with E-state index >= 15 is 0 Å². The van der Waals surface area contributed by atoms with Gasteiger partial charge < -0.3 is 0 Å². The highest BCUT2D eigenvalue weighted by molar-refractivity contribution is 5.83. The third kappa shape index (κ3) is 3.22. The molecular formula is C15H12N2O. The van der Waals surface area contributed by atoms with E-state index in [0.717, 1.165) is 17.2 Å². The Kier molecular flexibility index (Phi) is 4.14. The second-order valence-corrected chi connectivity index (χ2v) is 3.57. The number of hydrogen-bond acceptors (Lipinski definition) is 3. The molecule has 0 aliphatic heterocycles. The van der Waals surface area contributed by atoms with Gasteiger partial charge in [0.25, 0.3) is 0 Å². The van der Waals surface area contributed by atoms with Crippen molar-refractivity contribution >= 4 is 17.2 Å². The van der Waals surface area contributed by atoms with Crippen molar-refractivity contribution in [2.45, 2.75) is 0 Å². The van der Waals surface area contributed by atoms with Gasteiger partial charge in [-0.1, -0.05) is 30.3 Å². The van der Waals surface area contributed by atoms with Gasteiger partial charge in [-0.2, -0.15) is 0 Å². The van der Waals surface area contributed by atoms with Crippen molar-refractivity contribution in [1.82, 2.24) is 9.97 Å². The Morgan fingerprint density at radius 1 is 0.833 bits per heavy atom. The Morgan fingerprint density at radius 3 is 2.22 bits per heavy atom. The van der Waals surface area contributed by atoms with Gasteiger partial charge in [0.1, 0.15) is 5.69 Å². The second kappa shape index (κ2) is 6.25. The van der Waals surface area contributed by atoms with E-state index in [2.05, 4.69) is 9.97 Å². The zero-order valence-corrected chi connectivity index (χ0v) is 9.73. The average molecular weight is 236 g/mol. The van der Waals surface area contributed by atoms with E-state index in [1.807, 2.05) is 48.5 Å². The van der Waals surface area contributed by atoms with Crippen molar-refractivity contribution in [1.29, 1.82) is 0 Å². The van der Waals surface area contributed by atoms with Gasteiger partial charge in [0.2, 0.25) is 0 Å². The SMILES string of the molecule is O=Cc1ccc2ccccc2n1.c1ccncc1. The molecule has 18 heavy (non-hydrogen) atoms. The lowest BCUT2D eigenvalue weighted by Gasteiger charge is -1.95. The molecule has 2 heterocycles. The van der Waals surface area contributed by atoms with Crippen LogP contribution in [0.5, 0.6) is 0 Å². The maximum atomic E-state index is 10.4. The third-order valence-electron chi connectivity index (χ3n) is 2.31. The van der Waals surface area contributed by atoms with Crippen molar-refractivity contribution in [2.75, 3.05) is 0 Å². The minimum atomic E-state index is 0.480. The molecule has 0 atom stereocenters.